The van der Waals surface area contributed by atoms with E-state index in [1.165, 1.54) is 5.56 Å². The average Bonchev–Trinajstić information content (AvgIpc) is 3.11. The van der Waals surface area contributed by atoms with Gasteiger partial charge in [0.05, 0.1) is 12.5 Å². The van der Waals surface area contributed by atoms with Crippen molar-refractivity contribution in [1.82, 2.24) is 15.5 Å². The fourth-order valence-electron chi connectivity index (χ4n) is 3.42. The molecule has 3 rings (SSSR count). The maximum atomic E-state index is 12.5. The number of rotatable bonds is 6. The zero-order valence-corrected chi connectivity index (χ0v) is 16.2. The molecular formula is C21H25N5O2. The van der Waals surface area contributed by atoms with Crippen LogP contribution in [-0.4, -0.2) is 46.9 Å². The average molecular weight is 379 g/mol. The van der Waals surface area contributed by atoms with E-state index in [9.17, 15) is 9.90 Å². The highest BCUT2D eigenvalue weighted by molar-refractivity contribution is 5.79. The lowest BCUT2D eigenvalue weighted by molar-refractivity contribution is -0.121. The van der Waals surface area contributed by atoms with Crippen molar-refractivity contribution in [2.45, 2.75) is 32.2 Å². The van der Waals surface area contributed by atoms with Gasteiger partial charge in [0, 0.05) is 25.6 Å². The zero-order chi connectivity index (χ0) is 20.1. The van der Waals surface area contributed by atoms with Crippen LogP contribution in [0.4, 0.5) is 5.82 Å². The van der Waals surface area contributed by atoms with Crippen LogP contribution in [0.3, 0.4) is 0 Å². The van der Waals surface area contributed by atoms with Gasteiger partial charge < -0.3 is 15.3 Å². The third-order valence-electron chi connectivity index (χ3n) is 5.12. The molecular weight excluding hydrogens is 354 g/mol. The Bertz CT molecular complexity index is 843. The third-order valence-corrected chi connectivity index (χ3v) is 5.12. The topological polar surface area (TPSA) is 102 Å². The molecule has 1 fully saturated rings. The van der Waals surface area contributed by atoms with E-state index >= 15 is 0 Å². The molecule has 0 aliphatic carbocycles. The Morgan fingerprint density at radius 2 is 2.00 bits per heavy atom. The van der Waals surface area contributed by atoms with E-state index < -0.39 is 0 Å². The summed E-state index contributed by atoms with van der Waals surface area (Å²) in [5.41, 5.74) is 2.48. The molecule has 146 valence electrons. The number of aromatic nitrogens is 2. The number of aliphatic hydroxyl groups excluding tert-OH is 1. The van der Waals surface area contributed by atoms with Gasteiger partial charge in [0.15, 0.2) is 11.5 Å². The molecule has 0 bridgehead atoms. The molecule has 1 aliphatic heterocycles. The van der Waals surface area contributed by atoms with Crippen LogP contribution in [-0.2, 0) is 11.2 Å². The van der Waals surface area contributed by atoms with Crippen molar-refractivity contribution in [3.05, 3.63) is 53.2 Å². The number of anilines is 1. The number of nitrogens with zero attached hydrogens (tertiary/aromatic N) is 4. The van der Waals surface area contributed by atoms with E-state index in [-0.39, 0.29) is 30.2 Å². The maximum absolute atomic E-state index is 12.5. The lowest BCUT2D eigenvalue weighted by Crippen LogP contribution is -2.42. The number of amides is 1. The van der Waals surface area contributed by atoms with Crippen LogP contribution in [0.25, 0.3) is 0 Å². The predicted molar refractivity (Wildman–Crippen MR) is 106 cm³/mol. The standard InChI is InChI=1S/C21H25N5O2/c1-14(2)16-5-3-15(4-6-16)9-21(28)23-19-12-26(11-17(19)13-27)20-8-7-18(10-22)24-25-20/h3-8,14,17,19,27H,9,11-13H2,1-2H3,(H,23,28)/t17-,19+/m1/s1. The molecule has 0 saturated carbocycles. The Kier molecular flexibility index (Phi) is 6.22. The molecule has 28 heavy (non-hydrogen) atoms. The van der Waals surface area contributed by atoms with Crippen molar-refractivity contribution < 1.29 is 9.90 Å². The second-order valence-corrected chi connectivity index (χ2v) is 7.48. The van der Waals surface area contributed by atoms with E-state index in [4.69, 9.17) is 5.26 Å². The van der Waals surface area contributed by atoms with Gasteiger partial charge in [-0.2, -0.15) is 5.26 Å². The minimum Gasteiger partial charge on any atom is -0.396 e. The fraction of sp³-hybridized carbons (Fsp3) is 0.429. The largest absolute Gasteiger partial charge is 0.396 e. The van der Waals surface area contributed by atoms with Gasteiger partial charge in [-0.15, -0.1) is 10.2 Å². The number of benzene rings is 1. The van der Waals surface area contributed by atoms with Gasteiger partial charge in [-0.1, -0.05) is 38.1 Å². The highest BCUT2D eigenvalue weighted by Crippen LogP contribution is 2.22. The molecule has 2 atom stereocenters. The summed E-state index contributed by atoms with van der Waals surface area (Å²) in [4.78, 5) is 14.5. The van der Waals surface area contributed by atoms with Gasteiger partial charge in [0.1, 0.15) is 6.07 Å². The van der Waals surface area contributed by atoms with Crippen molar-refractivity contribution in [1.29, 1.82) is 5.26 Å². The molecule has 7 heteroatoms. The monoisotopic (exact) mass is 379 g/mol. The number of nitriles is 1. The van der Waals surface area contributed by atoms with Crippen LogP contribution in [0.15, 0.2) is 36.4 Å². The van der Waals surface area contributed by atoms with Crippen molar-refractivity contribution in [3.63, 3.8) is 0 Å². The summed E-state index contributed by atoms with van der Waals surface area (Å²) in [6, 6.07) is 13.2. The second-order valence-electron chi connectivity index (χ2n) is 7.48. The Morgan fingerprint density at radius 3 is 2.57 bits per heavy atom. The SMILES string of the molecule is CC(C)c1ccc(CC(=O)N[C@H]2CN(c3ccc(C#N)nn3)C[C@@H]2CO)cc1. The van der Waals surface area contributed by atoms with Gasteiger partial charge in [-0.05, 0) is 29.2 Å². The zero-order valence-electron chi connectivity index (χ0n) is 16.2. The first-order valence-electron chi connectivity index (χ1n) is 9.48. The minimum absolute atomic E-state index is 0.0196. The summed E-state index contributed by atoms with van der Waals surface area (Å²) < 4.78 is 0. The summed E-state index contributed by atoms with van der Waals surface area (Å²) in [6.45, 7) is 5.38. The van der Waals surface area contributed by atoms with Gasteiger partial charge in [0.25, 0.3) is 0 Å². The number of nitrogens with one attached hydrogen (secondary N) is 1. The lowest BCUT2D eigenvalue weighted by atomic mass is 10.0. The van der Waals surface area contributed by atoms with E-state index in [2.05, 4.69) is 41.5 Å². The molecule has 1 aliphatic rings. The van der Waals surface area contributed by atoms with E-state index in [0.717, 1.165) is 5.56 Å². The van der Waals surface area contributed by atoms with E-state index in [1.54, 1.807) is 12.1 Å². The van der Waals surface area contributed by atoms with Crippen LogP contribution < -0.4 is 10.2 Å². The Labute approximate surface area is 165 Å². The molecule has 1 saturated heterocycles. The van der Waals surface area contributed by atoms with Gasteiger partial charge >= 0.3 is 0 Å². The molecule has 2 N–H and O–H groups in total. The Morgan fingerprint density at radius 1 is 1.25 bits per heavy atom. The Hall–Kier alpha value is -2.98. The number of hydrogen-bond acceptors (Lipinski definition) is 6. The highest BCUT2D eigenvalue weighted by atomic mass is 16.3. The van der Waals surface area contributed by atoms with Crippen molar-refractivity contribution >= 4 is 11.7 Å². The maximum Gasteiger partial charge on any atom is 0.224 e. The van der Waals surface area contributed by atoms with Crippen LogP contribution >= 0.6 is 0 Å². The molecule has 0 spiro atoms. The molecule has 0 unspecified atom stereocenters. The van der Waals surface area contributed by atoms with E-state index in [0.29, 0.717) is 31.2 Å². The van der Waals surface area contributed by atoms with Crippen molar-refractivity contribution in [2.24, 2.45) is 5.92 Å². The molecule has 1 aromatic heterocycles. The van der Waals surface area contributed by atoms with Crippen molar-refractivity contribution in [3.8, 4) is 6.07 Å². The van der Waals surface area contributed by atoms with Crippen LogP contribution in [0.1, 0.15) is 36.6 Å². The van der Waals surface area contributed by atoms with Gasteiger partial charge in [-0.3, -0.25) is 4.79 Å². The second kappa shape index (κ2) is 8.81. The summed E-state index contributed by atoms with van der Waals surface area (Å²) in [6.07, 6.45) is 0.309. The quantitative estimate of drug-likeness (QED) is 0.791. The molecule has 1 aromatic carbocycles. The highest BCUT2D eigenvalue weighted by Gasteiger charge is 2.34. The number of carbonyl (C=O) groups excluding carboxylic acids is 1. The third kappa shape index (κ3) is 4.65. The van der Waals surface area contributed by atoms with Crippen molar-refractivity contribution in [2.75, 3.05) is 24.6 Å². The first kappa shape index (κ1) is 19.8. The summed E-state index contributed by atoms with van der Waals surface area (Å²) in [5.74, 6) is 0.958. The Balaban J connectivity index is 1.60. The van der Waals surface area contributed by atoms with Gasteiger partial charge in [-0.25, -0.2) is 0 Å². The first-order chi connectivity index (χ1) is 13.5. The fourth-order valence-corrected chi connectivity index (χ4v) is 3.42. The smallest absolute Gasteiger partial charge is 0.224 e. The normalized spacial score (nSPS) is 18.9. The lowest BCUT2D eigenvalue weighted by Gasteiger charge is -2.18. The summed E-state index contributed by atoms with van der Waals surface area (Å²) >= 11 is 0. The van der Waals surface area contributed by atoms with Crippen LogP contribution in [0.5, 0.6) is 0 Å². The molecule has 2 aromatic rings. The molecule has 0 radical (unpaired) electrons. The summed E-state index contributed by atoms with van der Waals surface area (Å²) in [7, 11) is 0. The predicted octanol–water partition coefficient (Wildman–Crippen LogP) is 1.63. The van der Waals surface area contributed by atoms with E-state index in [1.807, 2.05) is 23.1 Å². The van der Waals surface area contributed by atoms with Gasteiger partial charge in [0.2, 0.25) is 5.91 Å². The number of aliphatic hydroxyl groups is 1. The van der Waals surface area contributed by atoms with Crippen LogP contribution in [0, 0.1) is 17.2 Å². The number of hydrogen-bond donors (Lipinski definition) is 2. The first-order valence-corrected chi connectivity index (χ1v) is 9.48. The van der Waals surface area contributed by atoms with Crippen LogP contribution in [0.2, 0.25) is 0 Å². The molecule has 7 nitrogen and oxygen atoms in total. The minimum atomic E-state index is -0.162. The number of carbonyl (C=O) groups is 1. The molecule has 2 heterocycles. The molecule has 1 amide bonds. The summed E-state index contributed by atoms with van der Waals surface area (Å²) in [5, 5.41) is 29.5.